The molecule has 19 heteroatoms. The number of hydrogen-bond donors (Lipinski definition) is 3. The first-order valence-corrected chi connectivity index (χ1v) is 24.7. The fraction of sp³-hybridized carbons (Fsp3) is 0.520. The van der Waals surface area contributed by atoms with Crippen LogP contribution in [0.3, 0.4) is 0 Å². The van der Waals surface area contributed by atoms with Crippen molar-refractivity contribution in [3.63, 3.8) is 0 Å². The summed E-state index contributed by atoms with van der Waals surface area (Å²) in [5, 5.41) is 9.24. The Morgan fingerprint density at radius 2 is 1.59 bits per heavy atom. The van der Waals surface area contributed by atoms with Gasteiger partial charge in [0, 0.05) is 68.5 Å². The molecule has 4 saturated heterocycles. The molecule has 1 unspecified atom stereocenters. The molecule has 5 aliphatic heterocycles. The van der Waals surface area contributed by atoms with Crippen molar-refractivity contribution in [3.05, 3.63) is 75.2 Å². The highest BCUT2D eigenvalue weighted by Gasteiger charge is 2.46. The molecule has 69 heavy (non-hydrogen) atoms. The third kappa shape index (κ3) is 9.25. The number of likely N-dealkylation sites (N-methyl/N-ethyl adjacent to an activating group) is 1. The Morgan fingerprint density at radius 1 is 0.870 bits per heavy atom. The molecule has 18 nitrogen and oxygen atoms in total. The van der Waals surface area contributed by atoms with E-state index in [0.717, 1.165) is 99.3 Å². The summed E-state index contributed by atoms with van der Waals surface area (Å²) in [7, 11) is 1.52. The predicted molar refractivity (Wildman–Crippen MR) is 259 cm³/mol. The van der Waals surface area contributed by atoms with Crippen molar-refractivity contribution in [2.24, 2.45) is 5.41 Å². The number of hydrogen-bond acceptors (Lipinski definition) is 14. The summed E-state index contributed by atoms with van der Waals surface area (Å²) in [4.78, 5) is 93.5. The van der Waals surface area contributed by atoms with E-state index in [9.17, 15) is 28.8 Å². The number of rotatable bonds is 12. The molecule has 2 aromatic carbocycles. The highest BCUT2D eigenvalue weighted by molar-refractivity contribution is 6.33. The number of halogens is 1. The Hall–Kier alpha value is -6.11. The summed E-state index contributed by atoms with van der Waals surface area (Å²) in [5.41, 5.74) is 3.01. The Kier molecular flexibility index (Phi) is 12.8. The van der Waals surface area contributed by atoms with E-state index in [1.54, 1.807) is 29.0 Å². The number of carbonyl (C=O) groups excluding carboxylic acids is 5. The molecule has 7 heterocycles. The molecule has 2 aromatic heterocycles. The maximum atomic E-state index is 13.4. The Labute approximate surface area is 405 Å². The van der Waals surface area contributed by atoms with Gasteiger partial charge in [0.05, 0.1) is 35.0 Å². The van der Waals surface area contributed by atoms with Crippen LogP contribution in [-0.2, 0) is 19.1 Å². The van der Waals surface area contributed by atoms with Crippen LogP contribution >= 0.6 is 11.6 Å². The lowest BCUT2D eigenvalue weighted by atomic mass is 9.70. The molecule has 6 aliphatic rings. The molecule has 1 aliphatic carbocycles. The zero-order chi connectivity index (χ0) is 48.1. The van der Waals surface area contributed by atoms with Gasteiger partial charge in [-0.2, -0.15) is 4.98 Å². The van der Waals surface area contributed by atoms with E-state index in [-0.39, 0.29) is 60.8 Å². The number of anilines is 4. The Balaban J connectivity index is 0.671. The highest BCUT2D eigenvalue weighted by atomic mass is 35.5. The van der Waals surface area contributed by atoms with Crippen molar-refractivity contribution in [2.45, 2.75) is 108 Å². The summed E-state index contributed by atoms with van der Waals surface area (Å²) in [5.74, 6) is -1.11. The van der Waals surface area contributed by atoms with Crippen LogP contribution in [0.5, 0.6) is 5.75 Å². The van der Waals surface area contributed by atoms with Crippen molar-refractivity contribution in [2.75, 3.05) is 68.0 Å². The van der Waals surface area contributed by atoms with Gasteiger partial charge in [-0.15, -0.1) is 0 Å². The van der Waals surface area contributed by atoms with Crippen LogP contribution in [0.2, 0.25) is 5.02 Å². The Morgan fingerprint density at radius 3 is 2.30 bits per heavy atom. The summed E-state index contributed by atoms with van der Waals surface area (Å²) in [6, 6.07) is 12.2. The van der Waals surface area contributed by atoms with Gasteiger partial charge in [0.15, 0.2) is 18.2 Å². The molecule has 1 saturated carbocycles. The molecular formula is C50H59ClN10O8. The summed E-state index contributed by atoms with van der Waals surface area (Å²) in [6.07, 6.45) is 10.7. The number of amides is 5. The van der Waals surface area contributed by atoms with E-state index in [2.05, 4.69) is 35.6 Å². The van der Waals surface area contributed by atoms with E-state index >= 15 is 0 Å². The summed E-state index contributed by atoms with van der Waals surface area (Å²) < 4.78 is 13.9. The van der Waals surface area contributed by atoms with Gasteiger partial charge in [-0.1, -0.05) is 11.6 Å². The topological polar surface area (TPSA) is 201 Å². The number of nitrogens with one attached hydrogen (secondary N) is 3. The second-order valence-electron chi connectivity index (χ2n) is 19.8. The van der Waals surface area contributed by atoms with Crippen molar-refractivity contribution in [1.29, 1.82) is 0 Å². The van der Waals surface area contributed by atoms with Gasteiger partial charge >= 0.3 is 0 Å². The van der Waals surface area contributed by atoms with E-state index in [1.165, 1.54) is 19.9 Å². The molecular weight excluding hydrogens is 904 g/mol. The van der Waals surface area contributed by atoms with Crippen LogP contribution < -0.4 is 36.0 Å². The maximum Gasteiger partial charge on any atom is 0.293 e. The number of imide groups is 2. The maximum absolute atomic E-state index is 13.4. The second kappa shape index (κ2) is 19.0. The average molecular weight is 964 g/mol. The van der Waals surface area contributed by atoms with Crippen LogP contribution in [0.4, 0.5) is 23.1 Å². The molecule has 0 bridgehead atoms. The SMILES string of the molecule is CNC(=O)COc1cc2cc(Nc3nc(N4CCC(OC5CC(N6CCC7(CCN(c8ccc9c(c8)C(=O)N(C8CCC(=O)NC8=O)C9=O)CC7)CC6)C5)CC4)ncc3Cl)ccc2n(C(C)C)c1=O. The minimum atomic E-state index is -0.970. The van der Waals surface area contributed by atoms with Crippen LogP contribution in [0.1, 0.15) is 105 Å². The molecule has 10 rings (SSSR count). The normalized spacial score (nSPS) is 23.1. The van der Waals surface area contributed by atoms with Crippen LogP contribution in [0.25, 0.3) is 10.9 Å². The largest absolute Gasteiger partial charge is 0.478 e. The first-order chi connectivity index (χ1) is 33.3. The van der Waals surface area contributed by atoms with E-state index in [1.807, 2.05) is 38.1 Å². The third-order valence-corrected chi connectivity index (χ3v) is 15.6. The summed E-state index contributed by atoms with van der Waals surface area (Å²) >= 11 is 6.62. The first-order valence-electron chi connectivity index (χ1n) is 24.3. The van der Waals surface area contributed by atoms with Crippen molar-refractivity contribution >= 4 is 75.2 Å². The molecule has 1 spiro atoms. The van der Waals surface area contributed by atoms with Crippen molar-refractivity contribution < 1.29 is 33.4 Å². The average Bonchev–Trinajstić information content (AvgIpc) is 3.58. The van der Waals surface area contributed by atoms with Crippen LogP contribution in [0.15, 0.2) is 53.5 Å². The number of fused-ring (bicyclic) bond motifs is 2. The molecule has 4 aromatic rings. The molecule has 5 fully saturated rings. The Bertz CT molecular complexity index is 2750. The van der Waals surface area contributed by atoms with Gasteiger partial charge in [0.2, 0.25) is 17.8 Å². The van der Waals surface area contributed by atoms with Crippen molar-refractivity contribution in [3.8, 4) is 5.75 Å². The number of ether oxygens (including phenoxy) is 2. The highest BCUT2D eigenvalue weighted by Crippen LogP contribution is 2.45. The molecule has 364 valence electrons. The number of benzene rings is 2. The second-order valence-corrected chi connectivity index (χ2v) is 20.2. The lowest BCUT2D eigenvalue weighted by Gasteiger charge is -2.51. The lowest BCUT2D eigenvalue weighted by molar-refractivity contribution is -0.136. The van der Waals surface area contributed by atoms with Crippen LogP contribution in [-0.4, -0.2) is 131 Å². The molecule has 3 N–H and O–H groups in total. The molecule has 0 radical (unpaired) electrons. The van der Waals surface area contributed by atoms with Gasteiger partial charge in [-0.25, -0.2) is 4.98 Å². The predicted octanol–water partition coefficient (Wildman–Crippen LogP) is 5.19. The minimum absolute atomic E-state index is 0.0938. The van der Waals surface area contributed by atoms with Gasteiger partial charge in [-0.3, -0.25) is 39.0 Å². The number of aromatic nitrogens is 3. The number of likely N-dealkylation sites (tertiary alicyclic amines) is 1. The first kappa shape index (κ1) is 46.6. The fourth-order valence-electron chi connectivity index (χ4n) is 11.1. The monoisotopic (exact) mass is 962 g/mol. The number of pyridine rings is 1. The zero-order valence-electron chi connectivity index (χ0n) is 39.3. The van der Waals surface area contributed by atoms with E-state index in [0.29, 0.717) is 45.1 Å². The van der Waals surface area contributed by atoms with Gasteiger partial charge in [-0.05, 0) is 133 Å². The molecule has 1 atom stereocenters. The smallest absolute Gasteiger partial charge is 0.293 e. The number of carbonyl (C=O) groups is 5. The van der Waals surface area contributed by atoms with E-state index < -0.39 is 23.8 Å². The third-order valence-electron chi connectivity index (χ3n) is 15.3. The quantitative estimate of drug-likeness (QED) is 0.157. The van der Waals surface area contributed by atoms with Gasteiger partial charge in [0.1, 0.15) is 11.1 Å². The molecule has 5 amide bonds. The minimum Gasteiger partial charge on any atom is -0.478 e. The van der Waals surface area contributed by atoms with Crippen LogP contribution in [0, 0.1) is 5.41 Å². The fourth-order valence-corrected chi connectivity index (χ4v) is 11.3. The van der Waals surface area contributed by atoms with E-state index in [4.69, 9.17) is 26.1 Å². The number of piperidine rings is 4. The van der Waals surface area contributed by atoms with Gasteiger partial charge < -0.3 is 39.4 Å². The summed E-state index contributed by atoms with van der Waals surface area (Å²) in [6.45, 7) is 9.07. The number of nitrogens with zero attached hydrogens (tertiary/aromatic N) is 7. The standard InChI is InChI=1S/C50H59ClN10O8/c1-29(2)60-39-7-4-31(22-30(39)23-41(48(60)67)68-28-43(63)52-3)54-44-38(51)27-53-49(56-44)59-16-10-34(11-17-59)69-35-24-33(25-35)58-20-14-50(15-21-58)12-18-57(19-13-50)32-5-6-36-37(26-32)47(66)61(46(36)65)40-8-9-42(62)55-45(40)64/h4-7,22-23,26-27,29,33-35,40H,8-21,24-25,28H2,1-3H3,(H,52,63)(H,53,54,56)(H,55,62,64). The lowest BCUT2D eigenvalue weighted by Crippen LogP contribution is -2.54. The zero-order valence-corrected chi connectivity index (χ0v) is 40.1. The van der Waals surface area contributed by atoms with Crippen molar-refractivity contribution in [1.82, 2.24) is 35.0 Å². The van der Waals surface area contributed by atoms with Gasteiger partial charge in [0.25, 0.3) is 23.3 Å².